The molecule has 0 atom stereocenters. The number of hydrogen-bond donors (Lipinski definition) is 2. The van der Waals surface area contributed by atoms with Crippen LogP contribution in [0.25, 0.3) is 0 Å². The maximum absolute atomic E-state index is 7.43. The molecule has 0 saturated heterocycles. The van der Waals surface area contributed by atoms with Crippen LogP contribution in [0.3, 0.4) is 0 Å². The van der Waals surface area contributed by atoms with Gasteiger partial charge in [-0.15, -0.1) is 0 Å². The smallest absolute Gasteiger partial charge is 0.225 e. The molecule has 1 rings (SSSR count). The van der Waals surface area contributed by atoms with Crippen LogP contribution in [0.15, 0.2) is 6.07 Å². The molecule has 100 valence electrons. The summed E-state index contributed by atoms with van der Waals surface area (Å²) >= 11 is 0. The van der Waals surface area contributed by atoms with E-state index < -0.39 is 0 Å². The lowest BCUT2D eigenvalue weighted by molar-refractivity contribution is 0.401. The Morgan fingerprint density at radius 2 is 1.94 bits per heavy atom. The first kappa shape index (κ1) is 14.4. The number of aromatic nitrogens is 2. The molecule has 0 aliphatic heterocycles. The molecule has 1 heterocycles. The van der Waals surface area contributed by atoms with E-state index in [0.29, 0.717) is 11.6 Å². The second-order valence-corrected chi connectivity index (χ2v) is 4.69. The molecule has 0 amide bonds. The van der Waals surface area contributed by atoms with E-state index in [2.05, 4.69) is 29.0 Å². The fraction of sp³-hybridized carbons (Fsp3) is 0.583. The van der Waals surface area contributed by atoms with Crippen LogP contribution in [-0.2, 0) is 0 Å². The first-order valence-electron chi connectivity index (χ1n) is 5.96. The van der Waals surface area contributed by atoms with Crippen molar-refractivity contribution in [3.05, 3.63) is 17.5 Å². The minimum Gasteiger partial charge on any atom is -0.382 e. The van der Waals surface area contributed by atoms with Crippen LogP contribution in [0.1, 0.15) is 17.8 Å². The van der Waals surface area contributed by atoms with Gasteiger partial charge in [-0.3, -0.25) is 5.41 Å². The molecule has 3 N–H and O–H groups in total. The van der Waals surface area contributed by atoms with Crippen molar-refractivity contribution in [1.82, 2.24) is 14.9 Å². The third-order valence-corrected chi connectivity index (χ3v) is 2.56. The zero-order chi connectivity index (χ0) is 13.7. The molecule has 0 aromatic carbocycles. The summed E-state index contributed by atoms with van der Waals surface area (Å²) in [6.07, 6.45) is 1.04. The number of rotatable bonds is 6. The van der Waals surface area contributed by atoms with Crippen molar-refractivity contribution in [1.29, 1.82) is 5.41 Å². The third kappa shape index (κ3) is 4.29. The Morgan fingerprint density at radius 1 is 1.28 bits per heavy atom. The topological polar surface area (TPSA) is 82.1 Å². The first-order chi connectivity index (χ1) is 8.40. The lowest BCUT2D eigenvalue weighted by Crippen LogP contribution is -2.26. The highest BCUT2D eigenvalue weighted by molar-refractivity contribution is 5.93. The van der Waals surface area contributed by atoms with E-state index in [4.69, 9.17) is 11.1 Å². The number of nitrogens with two attached hydrogens (primary N) is 1. The van der Waals surface area contributed by atoms with E-state index in [9.17, 15) is 0 Å². The summed E-state index contributed by atoms with van der Waals surface area (Å²) in [6.45, 7) is 3.78. The van der Waals surface area contributed by atoms with Gasteiger partial charge in [-0.25, -0.2) is 9.97 Å². The van der Waals surface area contributed by atoms with Gasteiger partial charge in [-0.05, 0) is 40.1 Å². The summed E-state index contributed by atoms with van der Waals surface area (Å²) in [5, 5.41) is 7.43. The van der Waals surface area contributed by atoms with Crippen LogP contribution in [0.2, 0.25) is 0 Å². The SMILES string of the molecule is Cc1cc(C(=N)N)nc(N(C)CCCN(C)C)n1. The predicted octanol–water partition coefficient (Wildman–Crippen LogP) is 0.457. The Balaban J connectivity index is 2.73. The number of hydrogen-bond acceptors (Lipinski definition) is 5. The molecule has 0 fully saturated rings. The molecule has 0 aliphatic rings. The van der Waals surface area contributed by atoms with Gasteiger partial charge in [0, 0.05) is 19.3 Å². The van der Waals surface area contributed by atoms with Crippen LogP contribution < -0.4 is 10.6 Å². The zero-order valence-electron chi connectivity index (χ0n) is 11.6. The average Bonchev–Trinajstić information content (AvgIpc) is 2.27. The third-order valence-electron chi connectivity index (χ3n) is 2.56. The fourth-order valence-electron chi connectivity index (χ4n) is 1.59. The Bertz CT molecular complexity index is 415. The molecule has 6 nitrogen and oxygen atoms in total. The summed E-state index contributed by atoms with van der Waals surface area (Å²) in [5.74, 6) is 0.599. The number of nitrogens with zero attached hydrogens (tertiary/aromatic N) is 4. The number of anilines is 1. The van der Waals surface area contributed by atoms with Crippen molar-refractivity contribution in [2.24, 2.45) is 5.73 Å². The summed E-state index contributed by atoms with van der Waals surface area (Å²) in [7, 11) is 6.06. The van der Waals surface area contributed by atoms with Crippen LogP contribution in [0.5, 0.6) is 0 Å². The molecule has 0 saturated carbocycles. The van der Waals surface area contributed by atoms with E-state index in [1.54, 1.807) is 6.07 Å². The predicted molar refractivity (Wildman–Crippen MR) is 74.2 cm³/mol. The minimum absolute atomic E-state index is 0.0246. The molecule has 1 aromatic heterocycles. The van der Waals surface area contributed by atoms with Crippen LogP contribution in [-0.4, -0.2) is 54.9 Å². The summed E-state index contributed by atoms with van der Waals surface area (Å²) in [4.78, 5) is 12.8. The molecule has 0 bridgehead atoms. The van der Waals surface area contributed by atoms with Crippen molar-refractivity contribution in [2.75, 3.05) is 39.1 Å². The van der Waals surface area contributed by atoms with Gasteiger partial charge in [0.05, 0.1) is 0 Å². The van der Waals surface area contributed by atoms with Crippen LogP contribution >= 0.6 is 0 Å². The maximum Gasteiger partial charge on any atom is 0.225 e. The van der Waals surface area contributed by atoms with Gasteiger partial charge < -0.3 is 15.5 Å². The Morgan fingerprint density at radius 3 is 2.50 bits per heavy atom. The summed E-state index contributed by atoms with van der Waals surface area (Å²) in [6, 6.07) is 1.72. The van der Waals surface area contributed by atoms with Gasteiger partial charge in [0.25, 0.3) is 0 Å². The quantitative estimate of drug-likeness (QED) is 0.566. The van der Waals surface area contributed by atoms with Crippen molar-refractivity contribution in [3.8, 4) is 0 Å². The second-order valence-electron chi connectivity index (χ2n) is 4.69. The number of aryl methyl sites for hydroxylation is 1. The molecule has 0 radical (unpaired) electrons. The first-order valence-corrected chi connectivity index (χ1v) is 5.96. The van der Waals surface area contributed by atoms with Crippen molar-refractivity contribution >= 4 is 11.8 Å². The number of nitrogen functional groups attached to an aromatic ring is 1. The lowest BCUT2D eigenvalue weighted by atomic mass is 10.3. The van der Waals surface area contributed by atoms with E-state index >= 15 is 0 Å². The molecule has 0 spiro atoms. The Kier molecular flexibility index (Phi) is 5.03. The highest BCUT2D eigenvalue weighted by Gasteiger charge is 2.08. The molecular formula is C12H22N6. The number of nitrogens with one attached hydrogen (secondary N) is 1. The molecule has 0 unspecified atom stereocenters. The van der Waals surface area contributed by atoms with E-state index in [1.807, 2.05) is 18.9 Å². The highest BCUT2D eigenvalue weighted by atomic mass is 15.2. The van der Waals surface area contributed by atoms with Gasteiger partial charge in [0.1, 0.15) is 11.5 Å². The average molecular weight is 250 g/mol. The largest absolute Gasteiger partial charge is 0.382 e. The fourth-order valence-corrected chi connectivity index (χ4v) is 1.59. The summed E-state index contributed by atoms with van der Waals surface area (Å²) in [5.41, 5.74) is 6.77. The molecular weight excluding hydrogens is 228 g/mol. The van der Waals surface area contributed by atoms with Crippen LogP contribution in [0.4, 0.5) is 5.95 Å². The Hall–Kier alpha value is -1.69. The van der Waals surface area contributed by atoms with Gasteiger partial charge in [0.15, 0.2) is 0 Å². The molecule has 18 heavy (non-hydrogen) atoms. The Labute approximate surface area is 108 Å². The van der Waals surface area contributed by atoms with Crippen LogP contribution in [0, 0.1) is 12.3 Å². The van der Waals surface area contributed by atoms with E-state index in [1.165, 1.54) is 0 Å². The summed E-state index contributed by atoms with van der Waals surface area (Å²) < 4.78 is 0. The lowest BCUT2D eigenvalue weighted by Gasteiger charge is -2.19. The van der Waals surface area contributed by atoms with Gasteiger partial charge in [-0.2, -0.15) is 0 Å². The highest BCUT2D eigenvalue weighted by Crippen LogP contribution is 2.09. The van der Waals surface area contributed by atoms with Crippen molar-refractivity contribution in [2.45, 2.75) is 13.3 Å². The van der Waals surface area contributed by atoms with Gasteiger partial charge >= 0.3 is 0 Å². The normalized spacial score (nSPS) is 10.7. The monoisotopic (exact) mass is 250 g/mol. The second kappa shape index (κ2) is 6.30. The number of amidine groups is 1. The van der Waals surface area contributed by atoms with Crippen molar-refractivity contribution < 1.29 is 0 Å². The zero-order valence-corrected chi connectivity index (χ0v) is 11.6. The maximum atomic E-state index is 7.43. The van der Waals surface area contributed by atoms with E-state index in [0.717, 1.165) is 25.2 Å². The van der Waals surface area contributed by atoms with Gasteiger partial charge in [0.2, 0.25) is 5.95 Å². The minimum atomic E-state index is -0.0246. The van der Waals surface area contributed by atoms with Gasteiger partial charge in [-0.1, -0.05) is 0 Å². The van der Waals surface area contributed by atoms with Crippen molar-refractivity contribution in [3.63, 3.8) is 0 Å². The molecule has 1 aromatic rings. The standard InChI is InChI=1S/C12H22N6/c1-9-8-10(11(13)14)16-12(15-9)18(4)7-5-6-17(2)3/h8H,5-7H2,1-4H3,(H3,13,14). The molecule has 0 aliphatic carbocycles. The molecule has 6 heteroatoms. The van der Waals surface area contributed by atoms with E-state index in [-0.39, 0.29) is 5.84 Å².